The number of H-pyrrole nitrogens is 1. The Morgan fingerprint density at radius 2 is 2.00 bits per heavy atom. The SMILES string of the molecule is O=C(Cn1ccc(=O)[nH]c1=O)NCC1(C(=O)O)CCCC1. The highest BCUT2D eigenvalue weighted by molar-refractivity contribution is 5.79. The molecule has 3 N–H and O–H groups in total. The molecular formula is C13H17N3O5. The molecule has 8 heteroatoms. The fourth-order valence-corrected chi connectivity index (χ4v) is 2.57. The van der Waals surface area contributed by atoms with E-state index >= 15 is 0 Å². The van der Waals surface area contributed by atoms with Crippen molar-refractivity contribution < 1.29 is 14.7 Å². The van der Waals surface area contributed by atoms with Gasteiger partial charge < -0.3 is 10.4 Å². The number of rotatable bonds is 5. The minimum absolute atomic E-state index is 0.0548. The number of hydrogen-bond donors (Lipinski definition) is 3. The summed E-state index contributed by atoms with van der Waals surface area (Å²) in [6.07, 6.45) is 3.98. The first-order chi connectivity index (χ1) is 9.93. The molecule has 1 fully saturated rings. The standard InChI is InChI=1S/C13H17N3O5/c17-9-3-6-16(12(21)15-9)7-10(18)14-8-13(11(19)20)4-1-2-5-13/h3,6H,1-2,4-5,7-8H2,(H,14,18)(H,19,20)(H,15,17,21). The van der Waals surface area contributed by atoms with E-state index in [1.54, 1.807) is 0 Å². The van der Waals surface area contributed by atoms with Crippen LogP contribution < -0.4 is 16.6 Å². The van der Waals surface area contributed by atoms with Gasteiger partial charge in [-0.3, -0.25) is 23.9 Å². The van der Waals surface area contributed by atoms with E-state index in [-0.39, 0.29) is 13.1 Å². The molecule has 0 saturated heterocycles. The van der Waals surface area contributed by atoms with Gasteiger partial charge in [-0.05, 0) is 12.8 Å². The maximum Gasteiger partial charge on any atom is 0.328 e. The summed E-state index contributed by atoms with van der Waals surface area (Å²) in [5.74, 6) is -1.36. The van der Waals surface area contributed by atoms with Gasteiger partial charge in [0.25, 0.3) is 5.56 Å². The summed E-state index contributed by atoms with van der Waals surface area (Å²) in [7, 11) is 0. The van der Waals surface area contributed by atoms with E-state index in [1.165, 1.54) is 6.20 Å². The van der Waals surface area contributed by atoms with Crippen molar-refractivity contribution in [2.45, 2.75) is 32.2 Å². The zero-order valence-electron chi connectivity index (χ0n) is 11.4. The summed E-state index contributed by atoms with van der Waals surface area (Å²) in [4.78, 5) is 47.6. The van der Waals surface area contributed by atoms with E-state index in [0.29, 0.717) is 12.8 Å². The molecule has 1 heterocycles. The van der Waals surface area contributed by atoms with Crippen molar-refractivity contribution in [3.63, 3.8) is 0 Å². The average Bonchev–Trinajstić information content (AvgIpc) is 2.90. The van der Waals surface area contributed by atoms with Crippen molar-refractivity contribution in [3.8, 4) is 0 Å². The van der Waals surface area contributed by atoms with Crippen LogP contribution in [0.1, 0.15) is 25.7 Å². The Morgan fingerprint density at radius 3 is 2.57 bits per heavy atom. The Morgan fingerprint density at radius 1 is 1.33 bits per heavy atom. The third-order valence-corrected chi connectivity index (χ3v) is 3.85. The summed E-state index contributed by atoms with van der Waals surface area (Å²) >= 11 is 0. The number of nitrogens with zero attached hydrogens (tertiary/aromatic N) is 1. The van der Waals surface area contributed by atoms with Crippen molar-refractivity contribution in [2.24, 2.45) is 5.41 Å². The lowest BCUT2D eigenvalue weighted by atomic mass is 9.86. The number of aliphatic carboxylic acids is 1. The Hall–Kier alpha value is -2.38. The number of aromatic nitrogens is 2. The van der Waals surface area contributed by atoms with Gasteiger partial charge in [0.05, 0.1) is 5.41 Å². The van der Waals surface area contributed by atoms with E-state index in [9.17, 15) is 24.3 Å². The Labute approximate surface area is 119 Å². The van der Waals surface area contributed by atoms with Crippen LogP contribution in [-0.4, -0.2) is 33.1 Å². The lowest BCUT2D eigenvalue weighted by molar-refractivity contribution is -0.148. The van der Waals surface area contributed by atoms with Gasteiger partial charge in [-0.2, -0.15) is 0 Å². The number of aromatic amines is 1. The Balaban J connectivity index is 1.97. The third-order valence-electron chi connectivity index (χ3n) is 3.85. The zero-order chi connectivity index (χ0) is 15.5. The van der Waals surface area contributed by atoms with Crippen LogP contribution in [0.5, 0.6) is 0 Å². The molecule has 1 aliphatic carbocycles. The molecule has 1 saturated carbocycles. The summed E-state index contributed by atoms with van der Waals surface area (Å²) in [5.41, 5.74) is -2.11. The zero-order valence-corrected chi connectivity index (χ0v) is 11.4. The van der Waals surface area contributed by atoms with Gasteiger partial charge in [0.2, 0.25) is 5.91 Å². The molecule has 1 aromatic heterocycles. The van der Waals surface area contributed by atoms with E-state index in [4.69, 9.17) is 0 Å². The second-order valence-electron chi connectivity index (χ2n) is 5.31. The Kier molecular flexibility index (Phi) is 4.25. The molecule has 0 unspecified atom stereocenters. The number of amides is 1. The molecule has 2 rings (SSSR count). The van der Waals surface area contributed by atoms with Gasteiger partial charge in [-0.15, -0.1) is 0 Å². The molecule has 0 atom stereocenters. The van der Waals surface area contributed by atoms with Gasteiger partial charge in [-0.25, -0.2) is 4.79 Å². The van der Waals surface area contributed by atoms with Gasteiger partial charge in [-0.1, -0.05) is 12.8 Å². The van der Waals surface area contributed by atoms with Crippen LogP contribution in [0, 0.1) is 5.41 Å². The van der Waals surface area contributed by atoms with E-state index in [1.807, 2.05) is 4.98 Å². The molecule has 1 amide bonds. The maximum absolute atomic E-state index is 11.8. The molecule has 114 valence electrons. The fourth-order valence-electron chi connectivity index (χ4n) is 2.57. The molecule has 0 aromatic carbocycles. The number of carbonyl (C=O) groups is 2. The molecule has 0 aliphatic heterocycles. The summed E-state index contributed by atoms with van der Waals surface area (Å²) in [6, 6.07) is 1.14. The first kappa shape index (κ1) is 15.0. The predicted octanol–water partition coefficient (Wildman–Crippen LogP) is -0.702. The second-order valence-corrected chi connectivity index (χ2v) is 5.31. The molecule has 8 nitrogen and oxygen atoms in total. The van der Waals surface area contributed by atoms with E-state index in [2.05, 4.69) is 5.32 Å². The van der Waals surface area contributed by atoms with Crippen molar-refractivity contribution in [1.82, 2.24) is 14.9 Å². The number of hydrogen-bond acceptors (Lipinski definition) is 4. The summed E-state index contributed by atoms with van der Waals surface area (Å²) in [5, 5.41) is 11.9. The number of carboxylic acid groups (broad SMARTS) is 1. The van der Waals surface area contributed by atoms with Crippen LogP contribution in [0.4, 0.5) is 0 Å². The number of carboxylic acids is 1. The maximum atomic E-state index is 11.8. The first-order valence-corrected chi connectivity index (χ1v) is 6.73. The summed E-state index contributed by atoms with van der Waals surface area (Å²) < 4.78 is 1.05. The monoisotopic (exact) mass is 295 g/mol. The van der Waals surface area contributed by atoms with E-state index in [0.717, 1.165) is 23.5 Å². The lowest BCUT2D eigenvalue weighted by Crippen LogP contribution is -2.43. The number of nitrogens with one attached hydrogen (secondary N) is 2. The average molecular weight is 295 g/mol. The van der Waals surface area contributed by atoms with Crippen LogP contribution in [0.2, 0.25) is 0 Å². The van der Waals surface area contributed by atoms with Crippen LogP contribution in [0.15, 0.2) is 21.9 Å². The second kappa shape index (κ2) is 5.94. The first-order valence-electron chi connectivity index (χ1n) is 6.73. The minimum Gasteiger partial charge on any atom is -0.481 e. The predicted molar refractivity (Wildman–Crippen MR) is 72.9 cm³/mol. The molecule has 0 bridgehead atoms. The van der Waals surface area contributed by atoms with Gasteiger partial charge in [0.15, 0.2) is 0 Å². The quantitative estimate of drug-likeness (QED) is 0.663. The largest absolute Gasteiger partial charge is 0.481 e. The highest BCUT2D eigenvalue weighted by Gasteiger charge is 2.41. The topological polar surface area (TPSA) is 121 Å². The van der Waals surface area contributed by atoms with E-state index < -0.39 is 28.5 Å². The van der Waals surface area contributed by atoms with Crippen molar-refractivity contribution in [3.05, 3.63) is 33.1 Å². The highest BCUT2D eigenvalue weighted by atomic mass is 16.4. The fraction of sp³-hybridized carbons (Fsp3) is 0.538. The van der Waals surface area contributed by atoms with Crippen LogP contribution in [0.25, 0.3) is 0 Å². The molecule has 1 aliphatic rings. The minimum atomic E-state index is -0.901. The van der Waals surface area contributed by atoms with Gasteiger partial charge in [0, 0.05) is 18.8 Å². The van der Waals surface area contributed by atoms with Gasteiger partial charge in [0.1, 0.15) is 6.54 Å². The van der Waals surface area contributed by atoms with Gasteiger partial charge >= 0.3 is 11.7 Å². The smallest absolute Gasteiger partial charge is 0.328 e. The van der Waals surface area contributed by atoms with Crippen LogP contribution >= 0.6 is 0 Å². The third kappa shape index (κ3) is 3.39. The number of carbonyl (C=O) groups excluding carboxylic acids is 1. The molecular weight excluding hydrogens is 278 g/mol. The summed E-state index contributed by atoms with van der Waals surface area (Å²) in [6.45, 7) is -0.204. The highest BCUT2D eigenvalue weighted by Crippen LogP contribution is 2.37. The Bertz CT molecular complexity index is 654. The normalized spacial score (nSPS) is 16.6. The molecule has 1 aromatic rings. The molecule has 0 radical (unpaired) electrons. The van der Waals surface area contributed by atoms with Crippen LogP contribution in [0.3, 0.4) is 0 Å². The molecule has 21 heavy (non-hydrogen) atoms. The van der Waals surface area contributed by atoms with Crippen molar-refractivity contribution >= 4 is 11.9 Å². The van der Waals surface area contributed by atoms with Crippen LogP contribution in [-0.2, 0) is 16.1 Å². The lowest BCUT2D eigenvalue weighted by Gasteiger charge is -2.24. The van der Waals surface area contributed by atoms with Crippen molar-refractivity contribution in [2.75, 3.05) is 6.54 Å². The van der Waals surface area contributed by atoms with Crippen molar-refractivity contribution in [1.29, 1.82) is 0 Å². The molecule has 0 spiro atoms.